The summed E-state index contributed by atoms with van der Waals surface area (Å²) >= 11 is 0. The van der Waals surface area contributed by atoms with E-state index in [-0.39, 0.29) is 18.0 Å². The topological polar surface area (TPSA) is 45.6 Å². The second-order valence-corrected chi connectivity index (χ2v) is 6.31. The van der Waals surface area contributed by atoms with Crippen molar-refractivity contribution in [2.45, 2.75) is 32.7 Å². The van der Waals surface area contributed by atoms with Gasteiger partial charge in [0.1, 0.15) is 5.60 Å². The standard InChI is InChI=1S/C18H21FN2O2/c1-13-8-14(6-7-20-13)10-23-18(2)11-21(12-18)16-5-3-4-15(9-22)17(16)19/h3-8,22H,9-12H2,1-2H3. The minimum absolute atomic E-state index is 0.289. The molecule has 0 amide bonds. The minimum atomic E-state index is -0.346. The van der Waals surface area contributed by atoms with Crippen LogP contribution in [0.2, 0.25) is 0 Å². The first-order valence-corrected chi connectivity index (χ1v) is 7.69. The molecule has 23 heavy (non-hydrogen) atoms. The molecule has 1 fully saturated rings. The van der Waals surface area contributed by atoms with Crippen LogP contribution >= 0.6 is 0 Å². The molecule has 3 rings (SSSR count). The number of aryl methyl sites for hydroxylation is 1. The molecule has 5 heteroatoms. The van der Waals surface area contributed by atoms with Gasteiger partial charge in [-0.25, -0.2) is 4.39 Å². The molecule has 1 aliphatic heterocycles. The third-order valence-electron chi connectivity index (χ3n) is 4.17. The molecule has 1 saturated heterocycles. The summed E-state index contributed by atoms with van der Waals surface area (Å²) in [7, 11) is 0. The van der Waals surface area contributed by atoms with Gasteiger partial charge in [0, 0.05) is 30.5 Å². The summed E-state index contributed by atoms with van der Waals surface area (Å²) in [4.78, 5) is 6.11. The van der Waals surface area contributed by atoms with Crippen LogP contribution in [0.15, 0.2) is 36.5 Å². The Kier molecular flexibility index (Phi) is 4.33. The normalized spacial score (nSPS) is 16.3. The molecule has 1 N–H and O–H groups in total. The third kappa shape index (κ3) is 3.35. The molecule has 0 radical (unpaired) electrons. The van der Waals surface area contributed by atoms with E-state index in [2.05, 4.69) is 4.98 Å². The van der Waals surface area contributed by atoms with Crippen LogP contribution in [0.5, 0.6) is 0 Å². The van der Waals surface area contributed by atoms with Gasteiger partial charge in [-0.05, 0) is 37.6 Å². The predicted molar refractivity (Wildman–Crippen MR) is 86.7 cm³/mol. The van der Waals surface area contributed by atoms with Gasteiger partial charge >= 0.3 is 0 Å². The van der Waals surface area contributed by atoms with E-state index in [9.17, 15) is 4.39 Å². The molecule has 0 saturated carbocycles. The number of benzene rings is 1. The lowest BCUT2D eigenvalue weighted by atomic mass is 9.95. The molecule has 0 atom stereocenters. The number of nitrogens with zero attached hydrogens (tertiary/aromatic N) is 2. The lowest BCUT2D eigenvalue weighted by Crippen LogP contribution is -2.61. The highest BCUT2D eigenvalue weighted by molar-refractivity contribution is 5.53. The molecule has 2 heterocycles. The molecule has 4 nitrogen and oxygen atoms in total. The maximum atomic E-state index is 14.2. The van der Waals surface area contributed by atoms with Gasteiger partial charge in [-0.15, -0.1) is 0 Å². The number of hydrogen-bond acceptors (Lipinski definition) is 4. The van der Waals surface area contributed by atoms with Crippen molar-refractivity contribution in [3.8, 4) is 0 Å². The molecule has 1 aromatic carbocycles. The highest BCUT2D eigenvalue weighted by atomic mass is 19.1. The van der Waals surface area contributed by atoms with E-state index < -0.39 is 0 Å². The molecule has 2 aromatic rings. The summed E-state index contributed by atoms with van der Waals surface area (Å²) in [5.41, 5.74) is 2.61. The zero-order valence-electron chi connectivity index (χ0n) is 13.4. The van der Waals surface area contributed by atoms with E-state index in [0.29, 0.717) is 30.9 Å². The Labute approximate surface area is 135 Å². The summed E-state index contributed by atoms with van der Waals surface area (Å²) in [6.45, 7) is 5.47. The van der Waals surface area contributed by atoms with Gasteiger partial charge in [0.2, 0.25) is 0 Å². The predicted octanol–water partition coefficient (Wildman–Crippen LogP) is 2.82. The average Bonchev–Trinajstić information content (AvgIpc) is 2.51. The first-order chi connectivity index (χ1) is 11.0. The molecule has 1 aromatic heterocycles. The Morgan fingerprint density at radius 1 is 1.35 bits per heavy atom. The summed E-state index contributed by atoms with van der Waals surface area (Å²) in [5, 5.41) is 9.16. The van der Waals surface area contributed by atoms with Crippen molar-refractivity contribution < 1.29 is 14.2 Å². The Morgan fingerprint density at radius 3 is 2.83 bits per heavy atom. The van der Waals surface area contributed by atoms with Crippen LogP contribution in [0, 0.1) is 12.7 Å². The van der Waals surface area contributed by atoms with Crippen LogP contribution < -0.4 is 4.90 Å². The van der Waals surface area contributed by atoms with E-state index in [4.69, 9.17) is 9.84 Å². The number of aromatic nitrogens is 1. The molecule has 122 valence electrons. The Hall–Kier alpha value is -1.98. The largest absolute Gasteiger partial charge is 0.392 e. The van der Waals surface area contributed by atoms with Crippen molar-refractivity contribution in [3.05, 3.63) is 59.2 Å². The highest BCUT2D eigenvalue weighted by Crippen LogP contribution is 2.33. The van der Waals surface area contributed by atoms with Crippen LogP contribution in [-0.2, 0) is 18.0 Å². The van der Waals surface area contributed by atoms with Crippen molar-refractivity contribution in [1.82, 2.24) is 4.98 Å². The fourth-order valence-electron chi connectivity index (χ4n) is 2.91. The first-order valence-electron chi connectivity index (χ1n) is 7.69. The van der Waals surface area contributed by atoms with E-state index in [1.807, 2.05) is 30.9 Å². The number of pyridine rings is 1. The van der Waals surface area contributed by atoms with Crippen molar-refractivity contribution in [2.75, 3.05) is 18.0 Å². The van der Waals surface area contributed by atoms with Crippen molar-refractivity contribution >= 4 is 5.69 Å². The maximum absolute atomic E-state index is 14.2. The lowest BCUT2D eigenvalue weighted by molar-refractivity contribution is -0.0618. The minimum Gasteiger partial charge on any atom is -0.392 e. The monoisotopic (exact) mass is 316 g/mol. The number of aliphatic hydroxyl groups is 1. The molecule has 0 bridgehead atoms. The van der Waals surface area contributed by atoms with Crippen molar-refractivity contribution in [2.24, 2.45) is 0 Å². The van der Waals surface area contributed by atoms with E-state index in [1.165, 1.54) is 0 Å². The molecular weight excluding hydrogens is 295 g/mol. The summed E-state index contributed by atoms with van der Waals surface area (Å²) in [6.07, 6.45) is 1.78. The zero-order valence-corrected chi connectivity index (χ0v) is 13.4. The van der Waals surface area contributed by atoms with Crippen LogP contribution in [-0.4, -0.2) is 28.8 Å². The van der Waals surface area contributed by atoms with E-state index in [0.717, 1.165) is 11.3 Å². The highest BCUT2D eigenvalue weighted by Gasteiger charge is 2.41. The van der Waals surface area contributed by atoms with Gasteiger partial charge in [-0.1, -0.05) is 12.1 Å². The van der Waals surface area contributed by atoms with Gasteiger partial charge in [-0.2, -0.15) is 0 Å². The smallest absolute Gasteiger partial charge is 0.151 e. The molecule has 0 spiro atoms. The number of aliphatic hydroxyl groups excluding tert-OH is 1. The van der Waals surface area contributed by atoms with Crippen molar-refractivity contribution in [1.29, 1.82) is 0 Å². The third-order valence-corrected chi connectivity index (χ3v) is 4.17. The maximum Gasteiger partial charge on any atom is 0.151 e. The quantitative estimate of drug-likeness (QED) is 0.921. The molecule has 0 unspecified atom stereocenters. The molecular formula is C18H21FN2O2. The van der Waals surface area contributed by atoms with Crippen molar-refractivity contribution in [3.63, 3.8) is 0 Å². The van der Waals surface area contributed by atoms with Crippen LogP contribution in [0.3, 0.4) is 0 Å². The number of halogens is 1. The Bertz CT molecular complexity index is 699. The van der Waals surface area contributed by atoms with E-state index >= 15 is 0 Å². The van der Waals surface area contributed by atoms with Crippen LogP contribution in [0.1, 0.15) is 23.7 Å². The Morgan fingerprint density at radius 2 is 2.13 bits per heavy atom. The zero-order chi connectivity index (χ0) is 16.4. The fraction of sp³-hybridized carbons (Fsp3) is 0.389. The second-order valence-electron chi connectivity index (χ2n) is 6.31. The van der Waals surface area contributed by atoms with Gasteiger partial charge < -0.3 is 14.7 Å². The van der Waals surface area contributed by atoms with Crippen LogP contribution in [0.4, 0.5) is 10.1 Å². The lowest BCUT2D eigenvalue weighted by Gasteiger charge is -2.49. The number of ether oxygens (including phenoxy) is 1. The summed E-state index contributed by atoms with van der Waals surface area (Å²) in [6, 6.07) is 9.04. The van der Waals surface area contributed by atoms with Gasteiger partial charge in [-0.3, -0.25) is 4.98 Å². The summed E-state index contributed by atoms with van der Waals surface area (Å²) < 4.78 is 20.3. The summed E-state index contributed by atoms with van der Waals surface area (Å²) in [5.74, 6) is -0.346. The van der Waals surface area contributed by atoms with Gasteiger partial charge in [0.25, 0.3) is 0 Å². The second kappa shape index (κ2) is 6.26. The SMILES string of the molecule is Cc1cc(COC2(C)CN(c3cccc(CO)c3F)C2)ccn1. The molecule has 0 aliphatic carbocycles. The molecule has 1 aliphatic rings. The number of anilines is 1. The first kappa shape index (κ1) is 15.9. The Balaban J connectivity index is 1.61. The van der Waals surface area contributed by atoms with Gasteiger partial charge in [0.15, 0.2) is 5.82 Å². The number of hydrogen-bond donors (Lipinski definition) is 1. The average molecular weight is 316 g/mol. The fourth-order valence-corrected chi connectivity index (χ4v) is 2.91. The number of rotatable bonds is 5. The van der Waals surface area contributed by atoms with Gasteiger partial charge in [0.05, 0.1) is 18.9 Å². The van der Waals surface area contributed by atoms with E-state index in [1.54, 1.807) is 24.4 Å². The van der Waals surface area contributed by atoms with Crippen LogP contribution in [0.25, 0.3) is 0 Å².